The van der Waals surface area contributed by atoms with Crippen LogP contribution in [-0.2, 0) is 4.79 Å². The lowest BCUT2D eigenvalue weighted by molar-refractivity contribution is -0.124. The average Bonchev–Trinajstić information content (AvgIpc) is 2.30. The Bertz CT molecular complexity index is 430. The summed E-state index contributed by atoms with van der Waals surface area (Å²) in [7, 11) is 0. The summed E-state index contributed by atoms with van der Waals surface area (Å²) in [6.07, 6.45) is 0.870. The van der Waals surface area contributed by atoms with Gasteiger partial charge in [0.05, 0.1) is 0 Å². The summed E-state index contributed by atoms with van der Waals surface area (Å²) in [6.45, 7) is 7.91. The second kappa shape index (κ2) is 6.10. The van der Waals surface area contributed by atoms with Crippen LogP contribution in [0.5, 0.6) is 5.75 Å². The number of carbonyl (C=O) groups is 1. The molecule has 3 nitrogen and oxygen atoms in total. The molecule has 0 unspecified atom stereocenters. The van der Waals surface area contributed by atoms with Crippen molar-refractivity contribution >= 4 is 17.5 Å². The van der Waals surface area contributed by atoms with Crippen LogP contribution in [0.25, 0.3) is 0 Å². The van der Waals surface area contributed by atoms with Gasteiger partial charge in [-0.05, 0) is 44.9 Å². The molecule has 0 atom stereocenters. The van der Waals surface area contributed by atoms with Crippen LogP contribution in [0.2, 0.25) is 5.02 Å². The van der Waals surface area contributed by atoms with Gasteiger partial charge in [0.25, 0.3) is 5.91 Å². The maximum atomic E-state index is 11.7. The number of hydrogen-bond acceptors (Lipinski definition) is 2. The molecule has 0 aliphatic carbocycles. The molecule has 1 aromatic rings. The van der Waals surface area contributed by atoms with Crippen molar-refractivity contribution in [3.8, 4) is 5.75 Å². The number of carbonyl (C=O) groups excluding carboxylic acids is 1. The van der Waals surface area contributed by atoms with Crippen molar-refractivity contribution in [1.29, 1.82) is 0 Å². The van der Waals surface area contributed by atoms with Gasteiger partial charge in [0.1, 0.15) is 5.75 Å². The Labute approximate surface area is 113 Å². The highest BCUT2D eigenvalue weighted by Gasteiger charge is 2.18. The zero-order valence-electron chi connectivity index (χ0n) is 11.3. The summed E-state index contributed by atoms with van der Waals surface area (Å²) < 4.78 is 5.47. The molecule has 0 bridgehead atoms. The van der Waals surface area contributed by atoms with Crippen molar-refractivity contribution in [1.82, 2.24) is 5.32 Å². The van der Waals surface area contributed by atoms with E-state index in [0.29, 0.717) is 10.8 Å². The van der Waals surface area contributed by atoms with Crippen LogP contribution in [0.1, 0.15) is 32.8 Å². The highest BCUT2D eigenvalue weighted by atomic mass is 35.5. The summed E-state index contributed by atoms with van der Waals surface area (Å²) in [5.41, 5.74) is 0.756. The molecule has 4 heteroatoms. The van der Waals surface area contributed by atoms with Gasteiger partial charge in [-0.25, -0.2) is 0 Å². The molecule has 100 valence electrons. The van der Waals surface area contributed by atoms with Crippen molar-refractivity contribution in [2.75, 3.05) is 6.61 Å². The van der Waals surface area contributed by atoms with E-state index in [-0.39, 0.29) is 18.1 Å². The summed E-state index contributed by atoms with van der Waals surface area (Å²) in [4.78, 5) is 11.7. The predicted octanol–water partition coefficient (Wildman–Crippen LogP) is 3.33. The van der Waals surface area contributed by atoms with Crippen LogP contribution in [-0.4, -0.2) is 18.1 Å². The van der Waals surface area contributed by atoms with E-state index in [1.54, 1.807) is 12.1 Å². The Balaban J connectivity index is 2.55. The lowest BCUT2D eigenvalue weighted by atomic mass is 10.0. The second-order valence-electron chi connectivity index (χ2n) is 4.98. The standard InChI is InChI=1S/C14H20ClNO2/c1-5-14(3,4)16-13(17)9-18-12-8-11(15)7-6-10(12)2/h6-8H,5,9H2,1-4H3,(H,16,17). The SMILES string of the molecule is CCC(C)(C)NC(=O)COc1cc(Cl)ccc1C. The van der Waals surface area contributed by atoms with Crippen LogP contribution >= 0.6 is 11.6 Å². The molecule has 1 amide bonds. The van der Waals surface area contributed by atoms with Crippen LogP contribution in [0.4, 0.5) is 0 Å². The number of halogens is 1. The topological polar surface area (TPSA) is 38.3 Å². The molecule has 0 heterocycles. The van der Waals surface area contributed by atoms with E-state index in [2.05, 4.69) is 5.32 Å². The van der Waals surface area contributed by atoms with Crippen molar-refractivity contribution in [3.63, 3.8) is 0 Å². The van der Waals surface area contributed by atoms with Gasteiger partial charge >= 0.3 is 0 Å². The molecule has 1 rings (SSSR count). The molecule has 1 aromatic carbocycles. The first-order valence-electron chi connectivity index (χ1n) is 6.04. The molecule has 0 radical (unpaired) electrons. The van der Waals surface area contributed by atoms with Crippen LogP contribution in [0.3, 0.4) is 0 Å². The van der Waals surface area contributed by atoms with E-state index in [1.807, 2.05) is 33.8 Å². The van der Waals surface area contributed by atoms with E-state index < -0.39 is 0 Å². The molecular formula is C14H20ClNO2. The zero-order valence-corrected chi connectivity index (χ0v) is 12.1. The van der Waals surface area contributed by atoms with Gasteiger partial charge in [-0.15, -0.1) is 0 Å². The summed E-state index contributed by atoms with van der Waals surface area (Å²) >= 11 is 5.88. The molecule has 0 aromatic heterocycles. The van der Waals surface area contributed by atoms with Crippen LogP contribution in [0, 0.1) is 6.92 Å². The molecule has 0 saturated carbocycles. The lowest BCUT2D eigenvalue weighted by Crippen LogP contribution is -2.44. The highest BCUT2D eigenvalue weighted by Crippen LogP contribution is 2.22. The van der Waals surface area contributed by atoms with E-state index in [1.165, 1.54) is 0 Å². The van der Waals surface area contributed by atoms with Gasteiger partial charge in [-0.3, -0.25) is 4.79 Å². The summed E-state index contributed by atoms with van der Waals surface area (Å²) in [5.74, 6) is 0.521. The number of aryl methyl sites for hydroxylation is 1. The van der Waals surface area contributed by atoms with Gasteiger partial charge in [-0.2, -0.15) is 0 Å². The fourth-order valence-corrected chi connectivity index (χ4v) is 1.54. The third-order valence-electron chi connectivity index (χ3n) is 2.87. The van der Waals surface area contributed by atoms with E-state index in [0.717, 1.165) is 12.0 Å². The molecular weight excluding hydrogens is 250 g/mol. The normalized spacial score (nSPS) is 11.2. The van der Waals surface area contributed by atoms with E-state index in [4.69, 9.17) is 16.3 Å². The van der Waals surface area contributed by atoms with E-state index in [9.17, 15) is 4.79 Å². The Kier molecular flexibility index (Phi) is 5.03. The van der Waals surface area contributed by atoms with E-state index >= 15 is 0 Å². The molecule has 0 aliphatic rings. The number of amides is 1. The van der Waals surface area contributed by atoms with Gasteiger partial charge in [0.2, 0.25) is 0 Å². The average molecular weight is 270 g/mol. The number of hydrogen-bond donors (Lipinski definition) is 1. The lowest BCUT2D eigenvalue weighted by Gasteiger charge is -2.24. The van der Waals surface area contributed by atoms with Gasteiger partial charge in [0, 0.05) is 10.6 Å². The third kappa shape index (κ3) is 4.57. The summed E-state index contributed by atoms with van der Waals surface area (Å²) in [6, 6.07) is 5.38. The number of nitrogens with one attached hydrogen (secondary N) is 1. The van der Waals surface area contributed by atoms with Crippen molar-refractivity contribution in [3.05, 3.63) is 28.8 Å². The van der Waals surface area contributed by atoms with Crippen LogP contribution < -0.4 is 10.1 Å². The van der Waals surface area contributed by atoms with Crippen molar-refractivity contribution in [2.45, 2.75) is 39.7 Å². The molecule has 0 saturated heterocycles. The van der Waals surface area contributed by atoms with Gasteiger partial charge in [0.15, 0.2) is 6.61 Å². The third-order valence-corrected chi connectivity index (χ3v) is 3.11. The Morgan fingerprint density at radius 2 is 2.11 bits per heavy atom. The molecule has 0 aliphatic heterocycles. The van der Waals surface area contributed by atoms with Gasteiger partial charge < -0.3 is 10.1 Å². The first kappa shape index (κ1) is 14.8. The molecule has 0 fully saturated rings. The molecule has 0 spiro atoms. The first-order chi connectivity index (χ1) is 8.34. The first-order valence-corrected chi connectivity index (χ1v) is 6.42. The Hall–Kier alpha value is -1.22. The Morgan fingerprint density at radius 1 is 1.44 bits per heavy atom. The fraction of sp³-hybridized carbons (Fsp3) is 0.500. The largest absolute Gasteiger partial charge is 0.483 e. The van der Waals surface area contributed by atoms with Gasteiger partial charge in [-0.1, -0.05) is 24.6 Å². The molecule has 1 N–H and O–H groups in total. The zero-order chi connectivity index (χ0) is 13.8. The minimum atomic E-state index is -0.205. The maximum absolute atomic E-state index is 11.7. The maximum Gasteiger partial charge on any atom is 0.258 e. The minimum Gasteiger partial charge on any atom is -0.483 e. The predicted molar refractivity (Wildman–Crippen MR) is 74.2 cm³/mol. The molecule has 18 heavy (non-hydrogen) atoms. The smallest absolute Gasteiger partial charge is 0.258 e. The van der Waals surface area contributed by atoms with Crippen molar-refractivity contribution in [2.24, 2.45) is 0 Å². The highest BCUT2D eigenvalue weighted by molar-refractivity contribution is 6.30. The second-order valence-corrected chi connectivity index (χ2v) is 5.42. The Morgan fingerprint density at radius 3 is 2.72 bits per heavy atom. The van der Waals surface area contributed by atoms with Crippen molar-refractivity contribution < 1.29 is 9.53 Å². The number of ether oxygens (including phenoxy) is 1. The van der Waals surface area contributed by atoms with Crippen LogP contribution in [0.15, 0.2) is 18.2 Å². The minimum absolute atomic E-state index is 0.00458. The fourth-order valence-electron chi connectivity index (χ4n) is 1.37. The number of benzene rings is 1. The number of rotatable bonds is 5. The quantitative estimate of drug-likeness (QED) is 0.890. The summed E-state index contributed by atoms with van der Waals surface area (Å²) in [5, 5.41) is 3.52. The monoisotopic (exact) mass is 269 g/mol.